The maximum atomic E-state index is 12.2. The monoisotopic (exact) mass is 302 g/mol. The molecule has 0 aliphatic rings. The molecule has 0 aliphatic heterocycles. The van der Waals surface area contributed by atoms with Gasteiger partial charge in [0, 0.05) is 5.69 Å². The predicted molar refractivity (Wildman–Crippen MR) is 75.4 cm³/mol. The Hall–Kier alpha value is -2.85. The number of carboxylic acids is 1. The first-order valence-corrected chi connectivity index (χ1v) is 7.27. The van der Waals surface area contributed by atoms with Crippen LogP contribution in [0.25, 0.3) is 0 Å². The molecule has 0 fully saturated rings. The molecule has 0 saturated heterocycles. The van der Waals surface area contributed by atoms with Crippen molar-refractivity contribution in [2.45, 2.75) is 4.90 Å². The second-order valence-electron chi connectivity index (χ2n) is 4.13. The van der Waals surface area contributed by atoms with Crippen LogP contribution in [0.4, 0.5) is 5.69 Å². The fourth-order valence-corrected chi connectivity index (χ4v) is 2.73. The van der Waals surface area contributed by atoms with Crippen molar-refractivity contribution < 1.29 is 18.3 Å². The minimum atomic E-state index is -3.89. The van der Waals surface area contributed by atoms with Crippen LogP contribution >= 0.6 is 0 Å². The van der Waals surface area contributed by atoms with Crippen molar-refractivity contribution in [3.05, 3.63) is 59.7 Å². The zero-order chi connectivity index (χ0) is 15.5. The van der Waals surface area contributed by atoms with Crippen LogP contribution in [-0.2, 0) is 10.0 Å². The number of rotatable bonds is 4. The first-order chi connectivity index (χ1) is 9.92. The number of anilines is 1. The summed E-state index contributed by atoms with van der Waals surface area (Å²) in [5, 5.41) is 17.6. The third kappa shape index (κ3) is 3.38. The van der Waals surface area contributed by atoms with Crippen molar-refractivity contribution in [2.24, 2.45) is 0 Å². The zero-order valence-electron chi connectivity index (χ0n) is 10.6. The summed E-state index contributed by atoms with van der Waals surface area (Å²) in [7, 11) is -3.89. The Morgan fingerprint density at radius 1 is 1.14 bits per heavy atom. The van der Waals surface area contributed by atoms with Crippen LogP contribution in [0.1, 0.15) is 15.9 Å². The molecule has 0 radical (unpaired) electrons. The highest BCUT2D eigenvalue weighted by atomic mass is 32.2. The van der Waals surface area contributed by atoms with Crippen LogP contribution < -0.4 is 4.72 Å². The summed E-state index contributed by atoms with van der Waals surface area (Å²) in [6.07, 6.45) is 0. The average molecular weight is 302 g/mol. The average Bonchev–Trinajstić information content (AvgIpc) is 2.48. The van der Waals surface area contributed by atoms with Crippen LogP contribution in [0, 0.1) is 11.3 Å². The molecule has 0 aliphatic carbocycles. The summed E-state index contributed by atoms with van der Waals surface area (Å²) in [5.41, 5.74) is 0.582. The van der Waals surface area contributed by atoms with Crippen molar-refractivity contribution >= 4 is 21.7 Å². The minimum absolute atomic E-state index is 0.113. The van der Waals surface area contributed by atoms with Gasteiger partial charge in [-0.05, 0) is 42.5 Å². The van der Waals surface area contributed by atoms with Gasteiger partial charge in [-0.2, -0.15) is 5.26 Å². The lowest BCUT2D eigenvalue weighted by Crippen LogP contribution is -2.13. The van der Waals surface area contributed by atoms with Gasteiger partial charge in [-0.15, -0.1) is 0 Å². The number of hydrogen-bond acceptors (Lipinski definition) is 4. The number of sulfonamides is 1. The van der Waals surface area contributed by atoms with E-state index in [1.54, 1.807) is 0 Å². The van der Waals surface area contributed by atoms with Crippen LogP contribution in [0.5, 0.6) is 0 Å². The second-order valence-corrected chi connectivity index (χ2v) is 5.81. The van der Waals surface area contributed by atoms with E-state index in [0.29, 0.717) is 5.56 Å². The van der Waals surface area contributed by atoms with Crippen LogP contribution in [0.2, 0.25) is 0 Å². The summed E-state index contributed by atoms with van der Waals surface area (Å²) in [6.45, 7) is 0. The van der Waals surface area contributed by atoms with Gasteiger partial charge in [-0.25, -0.2) is 13.2 Å². The number of nitriles is 1. The van der Waals surface area contributed by atoms with Gasteiger partial charge in [0.15, 0.2) is 0 Å². The Morgan fingerprint density at radius 3 is 2.38 bits per heavy atom. The van der Waals surface area contributed by atoms with Gasteiger partial charge >= 0.3 is 5.97 Å². The van der Waals surface area contributed by atoms with Crippen LogP contribution in [0.15, 0.2) is 53.4 Å². The van der Waals surface area contributed by atoms with E-state index in [4.69, 9.17) is 10.4 Å². The van der Waals surface area contributed by atoms with Gasteiger partial charge in [0.25, 0.3) is 10.0 Å². The minimum Gasteiger partial charge on any atom is -0.478 e. The molecule has 0 atom stereocenters. The first kappa shape index (κ1) is 14.6. The van der Waals surface area contributed by atoms with Crippen LogP contribution in [0.3, 0.4) is 0 Å². The maximum Gasteiger partial charge on any atom is 0.335 e. The third-order valence-corrected chi connectivity index (χ3v) is 4.04. The molecule has 2 aromatic rings. The Bertz CT molecular complexity index is 821. The van der Waals surface area contributed by atoms with E-state index in [1.807, 2.05) is 6.07 Å². The lowest BCUT2D eigenvalue weighted by atomic mass is 10.2. The van der Waals surface area contributed by atoms with E-state index in [0.717, 1.165) is 6.07 Å². The molecule has 0 heterocycles. The summed E-state index contributed by atoms with van der Waals surface area (Å²) in [6, 6.07) is 12.8. The predicted octanol–water partition coefficient (Wildman–Crippen LogP) is 2.06. The van der Waals surface area contributed by atoms with Crippen molar-refractivity contribution in [3.8, 4) is 6.07 Å². The van der Waals surface area contributed by atoms with Crippen molar-refractivity contribution in [1.82, 2.24) is 0 Å². The first-order valence-electron chi connectivity index (χ1n) is 5.79. The van der Waals surface area contributed by atoms with Gasteiger partial charge < -0.3 is 5.11 Å². The van der Waals surface area contributed by atoms with Gasteiger partial charge in [0.05, 0.1) is 22.1 Å². The molecule has 7 heteroatoms. The summed E-state index contributed by atoms with van der Waals surface area (Å²) in [5.74, 6) is -1.20. The number of aromatic carboxylic acids is 1. The fourth-order valence-electron chi connectivity index (χ4n) is 1.62. The maximum absolute atomic E-state index is 12.2. The van der Waals surface area contributed by atoms with E-state index in [-0.39, 0.29) is 16.1 Å². The van der Waals surface area contributed by atoms with Gasteiger partial charge in [0.2, 0.25) is 0 Å². The van der Waals surface area contributed by atoms with E-state index in [1.165, 1.54) is 42.5 Å². The highest BCUT2D eigenvalue weighted by Gasteiger charge is 2.16. The smallest absolute Gasteiger partial charge is 0.335 e. The number of benzene rings is 2. The summed E-state index contributed by atoms with van der Waals surface area (Å²) < 4.78 is 26.6. The fraction of sp³-hybridized carbons (Fsp3) is 0. The molecule has 0 saturated carbocycles. The van der Waals surface area contributed by atoms with Crippen molar-refractivity contribution in [2.75, 3.05) is 4.72 Å². The SMILES string of the molecule is N#Cc1ccc(NS(=O)(=O)c2cccc(C(=O)O)c2)cc1. The largest absolute Gasteiger partial charge is 0.478 e. The lowest BCUT2D eigenvalue weighted by molar-refractivity contribution is 0.0696. The second kappa shape index (κ2) is 5.64. The van der Waals surface area contributed by atoms with Gasteiger partial charge in [-0.3, -0.25) is 4.72 Å². The molecule has 0 unspecified atom stereocenters. The Kier molecular flexibility index (Phi) is 3.91. The Balaban J connectivity index is 2.31. The zero-order valence-corrected chi connectivity index (χ0v) is 11.5. The quantitative estimate of drug-likeness (QED) is 0.898. The number of nitrogens with zero attached hydrogens (tertiary/aromatic N) is 1. The molecule has 0 spiro atoms. The van der Waals surface area contributed by atoms with Crippen molar-refractivity contribution in [1.29, 1.82) is 5.26 Å². The molecular formula is C14H10N2O4S. The summed E-state index contributed by atoms with van der Waals surface area (Å²) >= 11 is 0. The topological polar surface area (TPSA) is 107 Å². The summed E-state index contributed by atoms with van der Waals surface area (Å²) in [4.78, 5) is 10.7. The number of hydrogen-bond donors (Lipinski definition) is 2. The highest BCUT2D eigenvalue weighted by Crippen LogP contribution is 2.17. The third-order valence-electron chi connectivity index (χ3n) is 2.66. The molecule has 21 heavy (non-hydrogen) atoms. The van der Waals surface area contributed by atoms with Gasteiger partial charge in [0.1, 0.15) is 0 Å². The van der Waals surface area contributed by atoms with Crippen molar-refractivity contribution in [3.63, 3.8) is 0 Å². The molecule has 0 amide bonds. The molecule has 106 valence electrons. The molecule has 2 rings (SSSR count). The number of nitrogens with one attached hydrogen (secondary N) is 1. The number of carboxylic acid groups (broad SMARTS) is 1. The molecule has 6 nitrogen and oxygen atoms in total. The van der Waals surface area contributed by atoms with E-state index >= 15 is 0 Å². The number of carbonyl (C=O) groups is 1. The standard InChI is InChI=1S/C14H10N2O4S/c15-9-10-4-6-12(7-5-10)16-21(19,20)13-3-1-2-11(8-13)14(17)18/h1-8,16H,(H,17,18). The molecule has 0 aromatic heterocycles. The Morgan fingerprint density at radius 2 is 1.81 bits per heavy atom. The molecule has 0 bridgehead atoms. The van der Waals surface area contributed by atoms with E-state index < -0.39 is 16.0 Å². The highest BCUT2D eigenvalue weighted by molar-refractivity contribution is 7.92. The molecule has 2 N–H and O–H groups in total. The van der Waals surface area contributed by atoms with E-state index in [2.05, 4.69) is 4.72 Å². The van der Waals surface area contributed by atoms with Crippen LogP contribution in [-0.4, -0.2) is 19.5 Å². The van der Waals surface area contributed by atoms with E-state index in [9.17, 15) is 13.2 Å². The van der Waals surface area contributed by atoms with Gasteiger partial charge in [-0.1, -0.05) is 6.07 Å². The molecular weight excluding hydrogens is 292 g/mol. The lowest BCUT2D eigenvalue weighted by Gasteiger charge is -2.08. The normalized spacial score (nSPS) is 10.6. The Labute approximate surface area is 121 Å². The molecule has 2 aromatic carbocycles.